The largest absolute Gasteiger partial charge is 0.504 e. The van der Waals surface area contributed by atoms with Gasteiger partial charge in [0.1, 0.15) is 0 Å². The van der Waals surface area contributed by atoms with Crippen molar-refractivity contribution in [1.29, 1.82) is 0 Å². The zero-order valence-corrected chi connectivity index (χ0v) is 14.6. The van der Waals surface area contributed by atoms with Gasteiger partial charge in [0.15, 0.2) is 17.3 Å². The Hall–Kier alpha value is -3.02. The number of ether oxygens (including phenoxy) is 3. The monoisotopic (exact) mass is 356 g/mol. The normalized spacial score (nSPS) is 23.8. The molecule has 1 saturated heterocycles. The molecule has 1 aromatic carbocycles. The molecule has 26 heavy (non-hydrogen) atoms. The van der Waals surface area contributed by atoms with Crippen LogP contribution in [0.5, 0.6) is 11.5 Å². The molecule has 1 aliphatic carbocycles. The van der Waals surface area contributed by atoms with Crippen molar-refractivity contribution < 1.29 is 28.9 Å². The fraction of sp³-hybridized carbons (Fsp3) is 0.300. The molecule has 6 heteroatoms. The van der Waals surface area contributed by atoms with Crippen LogP contribution < -0.4 is 4.74 Å². The number of hydrogen-bond donors (Lipinski definition) is 1. The molecular weight excluding hydrogens is 336 g/mol. The summed E-state index contributed by atoms with van der Waals surface area (Å²) < 4.78 is 15.4. The third kappa shape index (κ3) is 3.64. The third-order valence-electron chi connectivity index (χ3n) is 4.53. The summed E-state index contributed by atoms with van der Waals surface area (Å²) in [5.41, 5.74) is 1.67. The van der Waals surface area contributed by atoms with Gasteiger partial charge in [-0.1, -0.05) is 18.2 Å². The predicted octanol–water partition coefficient (Wildman–Crippen LogP) is 2.33. The van der Waals surface area contributed by atoms with Gasteiger partial charge in [0.05, 0.1) is 26.7 Å². The lowest BCUT2D eigenvalue weighted by Crippen LogP contribution is -2.18. The number of phenols is 1. The minimum absolute atomic E-state index is 0.0539. The number of benzene rings is 1. The highest BCUT2D eigenvalue weighted by Crippen LogP contribution is 2.32. The topological polar surface area (TPSA) is 82.1 Å². The predicted molar refractivity (Wildman–Crippen MR) is 93.6 cm³/mol. The number of esters is 1. The Labute approximate surface area is 151 Å². The van der Waals surface area contributed by atoms with Crippen LogP contribution >= 0.6 is 0 Å². The number of methoxy groups -OCH3 is 2. The molecule has 0 spiro atoms. The maximum absolute atomic E-state index is 12.2. The number of carbonyl (C=O) groups excluding carboxylic acids is 2. The van der Waals surface area contributed by atoms with E-state index >= 15 is 0 Å². The number of rotatable bonds is 5. The zero-order chi connectivity index (χ0) is 18.7. The number of ketones is 1. The second-order valence-corrected chi connectivity index (χ2v) is 6.19. The molecule has 3 rings (SSSR count). The van der Waals surface area contributed by atoms with Gasteiger partial charge in [0.2, 0.25) is 5.78 Å². The number of aromatic hydroxyl groups is 1. The van der Waals surface area contributed by atoms with Crippen LogP contribution in [0.25, 0.3) is 0 Å². The van der Waals surface area contributed by atoms with E-state index in [2.05, 4.69) is 0 Å². The molecule has 0 aromatic heterocycles. The molecule has 6 nitrogen and oxygen atoms in total. The Morgan fingerprint density at radius 2 is 2.04 bits per heavy atom. The van der Waals surface area contributed by atoms with Crippen LogP contribution in [0, 0.1) is 11.8 Å². The van der Waals surface area contributed by atoms with Crippen molar-refractivity contribution >= 4 is 11.8 Å². The molecule has 136 valence electrons. The number of cyclic esters (lactones) is 1. The zero-order valence-electron chi connectivity index (χ0n) is 14.6. The van der Waals surface area contributed by atoms with Gasteiger partial charge in [-0.25, -0.2) is 0 Å². The Kier molecular flexibility index (Phi) is 5.11. The van der Waals surface area contributed by atoms with Crippen LogP contribution in [0.2, 0.25) is 0 Å². The van der Waals surface area contributed by atoms with Crippen LogP contribution in [0.1, 0.15) is 5.56 Å². The summed E-state index contributed by atoms with van der Waals surface area (Å²) in [4.78, 5) is 23.8. The molecule has 2 atom stereocenters. The lowest BCUT2D eigenvalue weighted by atomic mass is 9.87. The smallest absolute Gasteiger partial charge is 0.310 e. The molecule has 2 aliphatic rings. The van der Waals surface area contributed by atoms with E-state index in [1.54, 1.807) is 30.4 Å². The van der Waals surface area contributed by atoms with E-state index < -0.39 is 0 Å². The maximum Gasteiger partial charge on any atom is 0.310 e. The van der Waals surface area contributed by atoms with E-state index in [1.165, 1.54) is 20.3 Å². The van der Waals surface area contributed by atoms with Crippen molar-refractivity contribution in [2.24, 2.45) is 11.8 Å². The van der Waals surface area contributed by atoms with Crippen LogP contribution in [-0.2, 0) is 25.5 Å². The SMILES string of the molecule is COC1=C/C(=C\[C@H]2COC(=O)[C@@H]2Cc2ccc(O)c(OC)c2)C=CC1=O. The molecule has 0 radical (unpaired) electrons. The van der Waals surface area contributed by atoms with E-state index in [0.717, 1.165) is 11.1 Å². The molecule has 1 N–H and O–H groups in total. The fourth-order valence-electron chi connectivity index (χ4n) is 3.11. The van der Waals surface area contributed by atoms with Crippen molar-refractivity contribution in [3.63, 3.8) is 0 Å². The summed E-state index contributed by atoms with van der Waals surface area (Å²) in [5.74, 6) is -0.222. The second-order valence-electron chi connectivity index (χ2n) is 6.19. The first-order valence-electron chi connectivity index (χ1n) is 8.24. The molecule has 0 saturated carbocycles. The Morgan fingerprint density at radius 1 is 1.23 bits per heavy atom. The van der Waals surface area contributed by atoms with E-state index in [0.29, 0.717) is 18.8 Å². The van der Waals surface area contributed by atoms with Gasteiger partial charge >= 0.3 is 5.97 Å². The maximum atomic E-state index is 12.2. The molecule has 1 heterocycles. The summed E-state index contributed by atoms with van der Waals surface area (Å²) in [5, 5.41) is 9.71. The molecule has 1 fully saturated rings. The van der Waals surface area contributed by atoms with E-state index in [-0.39, 0.29) is 35.1 Å². The highest BCUT2D eigenvalue weighted by atomic mass is 16.5. The van der Waals surface area contributed by atoms with Gasteiger partial charge in [-0.2, -0.15) is 0 Å². The molecule has 1 aliphatic heterocycles. The van der Waals surface area contributed by atoms with Crippen molar-refractivity contribution in [3.8, 4) is 11.5 Å². The summed E-state index contributed by atoms with van der Waals surface area (Å²) in [6.45, 7) is 0.292. The first kappa shape index (κ1) is 17.8. The van der Waals surface area contributed by atoms with Crippen LogP contribution in [-0.4, -0.2) is 37.7 Å². The molecule has 1 aromatic rings. The summed E-state index contributed by atoms with van der Waals surface area (Å²) in [6.07, 6.45) is 7.20. The lowest BCUT2D eigenvalue weighted by Gasteiger charge is -2.15. The van der Waals surface area contributed by atoms with E-state index in [9.17, 15) is 14.7 Å². The average Bonchev–Trinajstić information content (AvgIpc) is 2.98. The fourth-order valence-corrected chi connectivity index (χ4v) is 3.11. The van der Waals surface area contributed by atoms with Gasteiger partial charge < -0.3 is 19.3 Å². The number of allylic oxidation sites excluding steroid dienone is 4. The van der Waals surface area contributed by atoms with Crippen molar-refractivity contribution in [2.45, 2.75) is 6.42 Å². The van der Waals surface area contributed by atoms with Gasteiger partial charge in [0.25, 0.3) is 0 Å². The number of phenolic OH excluding ortho intramolecular Hbond substituents is 1. The van der Waals surface area contributed by atoms with Gasteiger partial charge in [-0.3, -0.25) is 9.59 Å². The van der Waals surface area contributed by atoms with E-state index in [1.807, 2.05) is 6.08 Å². The van der Waals surface area contributed by atoms with Crippen LogP contribution in [0.3, 0.4) is 0 Å². The van der Waals surface area contributed by atoms with E-state index in [4.69, 9.17) is 14.2 Å². The summed E-state index contributed by atoms with van der Waals surface area (Å²) in [6, 6.07) is 5.02. The lowest BCUT2D eigenvalue weighted by molar-refractivity contribution is -0.141. The quantitative estimate of drug-likeness (QED) is 0.816. The highest BCUT2D eigenvalue weighted by Gasteiger charge is 2.36. The van der Waals surface area contributed by atoms with Crippen molar-refractivity contribution in [3.05, 3.63) is 59.4 Å². The molecule has 0 amide bonds. The molecule has 0 bridgehead atoms. The molecule has 0 unspecified atom stereocenters. The Balaban J connectivity index is 1.81. The van der Waals surface area contributed by atoms with Crippen molar-refractivity contribution in [1.82, 2.24) is 0 Å². The third-order valence-corrected chi connectivity index (χ3v) is 4.53. The Morgan fingerprint density at radius 3 is 2.77 bits per heavy atom. The minimum Gasteiger partial charge on any atom is -0.504 e. The van der Waals surface area contributed by atoms with Gasteiger partial charge in [0, 0.05) is 5.92 Å². The number of hydrogen-bond acceptors (Lipinski definition) is 6. The average molecular weight is 356 g/mol. The van der Waals surface area contributed by atoms with Crippen LogP contribution in [0.15, 0.2) is 53.8 Å². The highest BCUT2D eigenvalue weighted by molar-refractivity contribution is 6.04. The minimum atomic E-state index is -0.345. The van der Waals surface area contributed by atoms with Crippen molar-refractivity contribution in [2.75, 3.05) is 20.8 Å². The van der Waals surface area contributed by atoms with Crippen LogP contribution in [0.4, 0.5) is 0 Å². The summed E-state index contributed by atoms with van der Waals surface area (Å²) >= 11 is 0. The Bertz CT molecular complexity index is 818. The first-order chi connectivity index (χ1) is 12.5. The second kappa shape index (κ2) is 7.47. The number of carbonyl (C=O) groups is 2. The molecular formula is C20H20O6. The summed E-state index contributed by atoms with van der Waals surface area (Å²) in [7, 11) is 2.93. The standard InChI is InChI=1S/C20H20O6/c1-24-18-9-12(3-5-16(18)21)7-14-11-26-20(23)15(14)8-13-4-6-17(22)19(10-13)25-2/h3-7,9-10,14-15,22H,8,11H2,1-2H3/b12-7-/t14-,15+/m0/s1. The first-order valence-corrected chi connectivity index (χ1v) is 8.24. The van der Waals surface area contributed by atoms with Gasteiger partial charge in [-0.15, -0.1) is 0 Å². The van der Waals surface area contributed by atoms with Gasteiger partial charge in [-0.05, 0) is 41.8 Å².